The fourth-order valence-electron chi connectivity index (χ4n) is 3.59. The molecule has 0 aliphatic carbocycles. The summed E-state index contributed by atoms with van der Waals surface area (Å²) in [6.45, 7) is 4.41. The van der Waals surface area contributed by atoms with Crippen LogP contribution < -0.4 is 5.32 Å². The maximum Gasteiger partial charge on any atom is 0.261 e. The molecule has 0 saturated carbocycles. The average Bonchev–Trinajstić information content (AvgIpc) is 3.43. The lowest BCUT2D eigenvalue weighted by atomic mass is 10.2. The fourth-order valence-corrected chi connectivity index (χ4v) is 4.67. The summed E-state index contributed by atoms with van der Waals surface area (Å²) in [7, 11) is 0. The Bertz CT molecular complexity index is 1040. The van der Waals surface area contributed by atoms with Crippen molar-refractivity contribution < 1.29 is 14.0 Å². The second kappa shape index (κ2) is 8.32. The van der Waals surface area contributed by atoms with Crippen LogP contribution >= 0.6 is 11.3 Å². The Morgan fingerprint density at radius 1 is 1.21 bits per heavy atom. The third kappa shape index (κ3) is 4.32. The van der Waals surface area contributed by atoms with E-state index in [0.717, 1.165) is 47.4 Å². The number of hydrogen-bond donors (Lipinski definition) is 1. The number of nitrogens with one attached hydrogen (secondary N) is 1. The Morgan fingerprint density at radius 2 is 1.93 bits per heavy atom. The summed E-state index contributed by atoms with van der Waals surface area (Å²) in [4.78, 5) is 28.0. The molecule has 1 aromatic carbocycles. The lowest BCUT2D eigenvalue weighted by Crippen LogP contribution is -2.32. The number of thiophene rings is 1. The first-order valence-corrected chi connectivity index (χ1v) is 10.6. The van der Waals surface area contributed by atoms with E-state index in [9.17, 15) is 14.0 Å². The number of aromatic nitrogens is 2. The third-order valence-electron chi connectivity index (χ3n) is 5.16. The molecule has 4 rings (SSSR count). The predicted molar refractivity (Wildman–Crippen MR) is 111 cm³/mol. The van der Waals surface area contributed by atoms with Gasteiger partial charge in [-0.15, -0.1) is 11.3 Å². The number of benzene rings is 1. The van der Waals surface area contributed by atoms with Gasteiger partial charge >= 0.3 is 0 Å². The van der Waals surface area contributed by atoms with Crippen LogP contribution in [0.3, 0.4) is 0 Å². The maximum absolute atomic E-state index is 13.1. The van der Waals surface area contributed by atoms with Gasteiger partial charge in [0.1, 0.15) is 10.6 Å². The highest BCUT2D eigenvalue weighted by Gasteiger charge is 2.19. The van der Waals surface area contributed by atoms with Crippen LogP contribution in [0.4, 0.5) is 4.39 Å². The average molecular weight is 415 g/mol. The van der Waals surface area contributed by atoms with Crippen LogP contribution in [-0.2, 0) is 11.3 Å². The Kier molecular flexibility index (Phi) is 5.62. The molecule has 0 spiro atoms. The topological polar surface area (TPSA) is 67.2 Å². The standard InChI is InChI=1S/C21H23FN4O2S/c1-14-17-12-18(20(28)23-9-8-19(27)25-10-2-3-11-25)29-21(17)26(24-14)13-15-4-6-16(22)7-5-15/h4-7,12H,2-3,8-11,13H2,1H3,(H,23,28). The molecule has 8 heteroatoms. The molecular formula is C21H23FN4O2S. The maximum atomic E-state index is 13.1. The monoisotopic (exact) mass is 414 g/mol. The van der Waals surface area contributed by atoms with Gasteiger partial charge in [-0.05, 0) is 43.5 Å². The van der Waals surface area contributed by atoms with E-state index in [2.05, 4.69) is 10.4 Å². The minimum absolute atomic E-state index is 0.102. The van der Waals surface area contributed by atoms with Crippen molar-refractivity contribution in [3.8, 4) is 0 Å². The molecule has 1 aliphatic rings. The first-order valence-electron chi connectivity index (χ1n) is 9.78. The molecule has 3 aromatic rings. The van der Waals surface area contributed by atoms with E-state index >= 15 is 0 Å². The molecule has 1 saturated heterocycles. The largest absolute Gasteiger partial charge is 0.351 e. The Labute approximate surface area is 172 Å². The summed E-state index contributed by atoms with van der Waals surface area (Å²) >= 11 is 1.38. The van der Waals surface area contributed by atoms with Crippen LogP contribution in [0.15, 0.2) is 30.3 Å². The summed E-state index contributed by atoms with van der Waals surface area (Å²) in [5.41, 5.74) is 1.79. The van der Waals surface area contributed by atoms with E-state index in [0.29, 0.717) is 24.4 Å². The number of carbonyl (C=O) groups excluding carboxylic acids is 2. The number of hydrogen-bond acceptors (Lipinski definition) is 4. The van der Waals surface area contributed by atoms with Crippen molar-refractivity contribution >= 4 is 33.4 Å². The van der Waals surface area contributed by atoms with E-state index < -0.39 is 0 Å². The van der Waals surface area contributed by atoms with Gasteiger partial charge in [0.05, 0.1) is 17.1 Å². The summed E-state index contributed by atoms with van der Waals surface area (Å²) in [5, 5.41) is 8.34. The van der Waals surface area contributed by atoms with Crippen molar-refractivity contribution in [2.24, 2.45) is 0 Å². The van der Waals surface area contributed by atoms with Gasteiger partial charge in [-0.1, -0.05) is 12.1 Å². The molecule has 6 nitrogen and oxygen atoms in total. The number of halogens is 1. The molecule has 152 valence electrons. The van der Waals surface area contributed by atoms with E-state index in [1.54, 1.807) is 12.1 Å². The van der Waals surface area contributed by atoms with Crippen molar-refractivity contribution in [2.75, 3.05) is 19.6 Å². The minimum atomic E-state index is -0.270. The van der Waals surface area contributed by atoms with Gasteiger partial charge in [0.2, 0.25) is 5.91 Å². The number of fused-ring (bicyclic) bond motifs is 1. The highest BCUT2D eigenvalue weighted by atomic mass is 32.1. The summed E-state index contributed by atoms with van der Waals surface area (Å²) in [6, 6.07) is 8.17. The fraction of sp³-hybridized carbons (Fsp3) is 0.381. The van der Waals surface area contributed by atoms with Crippen molar-refractivity contribution in [2.45, 2.75) is 32.7 Å². The smallest absolute Gasteiger partial charge is 0.261 e. The molecule has 0 unspecified atom stereocenters. The van der Waals surface area contributed by atoms with Gasteiger partial charge in [0, 0.05) is 31.4 Å². The van der Waals surface area contributed by atoms with E-state index in [4.69, 9.17) is 0 Å². The molecule has 1 N–H and O–H groups in total. The SMILES string of the molecule is Cc1nn(Cc2ccc(F)cc2)c2sc(C(=O)NCCC(=O)N3CCCC3)cc12. The van der Waals surface area contributed by atoms with Crippen molar-refractivity contribution in [3.63, 3.8) is 0 Å². The normalized spacial score (nSPS) is 13.9. The molecule has 2 aromatic heterocycles. The second-order valence-corrected chi connectivity index (χ2v) is 8.32. The molecule has 3 heterocycles. The van der Waals surface area contributed by atoms with E-state index in [1.807, 2.05) is 22.6 Å². The molecule has 0 radical (unpaired) electrons. The zero-order valence-corrected chi connectivity index (χ0v) is 17.1. The molecule has 2 amide bonds. The van der Waals surface area contributed by atoms with Crippen LogP contribution in [0.5, 0.6) is 0 Å². The van der Waals surface area contributed by atoms with Gasteiger partial charge < -0.3 is 10.2 Å². The molecule has 29 heavy (non-hydrogen) atoms. The number of rotatable bonds is 6. The number of likely N-dealkylation sites (tertiary alicyclic amines) is 1. The lowest BCUT2D eigenvalue weighted by Gasteiger charge is -2.14. The van der Waals surface area contributed by atoms with E-state index in [1.165, 1.54) is 23.5 Å². The quantitative estimate of drug-likeness (QED) is 0.673. The molecular weight excluding hydrogens is 391 g/mol. The number of aryl methyl sites for hydroxylation is 1. The first-order chi connectivity index (χ1) is 14.0. The van der Waals surface area contributed by atoms with Crippen LogP contribution in [0, 0.1) is 12.7 Å². The van der Waals surface area contributed by atoms with E-state index in [-0.39, 0.29) is 17.6 Å². The van der Waals surface area contributed by atoms with Crippen molar-refractivity contribution in [1.29, 1.82) is 0 Å². The van der Waals surface area contributed by atoms with Gasteiger partial charge in [-0.25, -0.2) is 4.39 Å². The number of carbonyl (C=O) groups is 2. The Morgan fingerprint density at radius 3 is 2.66 bits per heavy atom. The van der Waals surface area contributed by atoms with Crippen LogP contribution in [0.1, 0.15) is 40.2 Å². The minimum Gasteiger partial charge on any atom is -0.351 e. The third-order valence-corrected chi connectivity index (χ3v) is 6.31. The molecule has 0 atom stereocenters. The van der Waals surface area contributed by atoms with Crippen LogP contribution in [-0.4, -0.2) is 46.1 Å². The second-order valence-electron chi connectivity index (χ2n) is 7.29. The predicted octanol–water partition coefficient (Wildman–Crippen LogP) is 3.34. The number of nitrogens with zero attached hydrogens (tertiary/aromatic N) is 3. The van der Waals surface area contributed by atoms with Gasteiger partial charge in [-0.3, -0.25) is 14.3 Å². The zero-order valence-electron chi connectivity index (χ0n) is 16.3. The molecule has 0 bridgehead atoms. The Hall–Kier alpha value is -2.74. The van der Waals surface area contributed by atoms with Gasteiger partial charge in [-0.2, -0.15) is 5.10 Å². The summed E-state index contributed by atoms with van der Waals surface area (Å²) in [5.74, 6) is -0.341. The van der Waals surface area contributed by atoms with Gasteiger partial charge in [0.15, 0.2) is 0 Å². The van der Waals surface area contributed by atoms with Crippen molar-refractivity contribution in [1.82, 2.24) is 20.0 Å². The van der Waals surface area contributed by atoms with Gasteiger partial charge in [0.25, 0.3) is 5.91 Å². The first kappa shape index (κ1) is 19.6. The molecule has 1 fully saturated rings. The van der Waals surface area contributed by atoms with Crippen molar-refractivity contribution in [3.05, 3.63) is 52.3 Å². The highest BCUT2D eigenvalue weighted by Crippen LogP contribution is 2.29. The highest BCUT2D eigenvalue weighted by molar-refractivity contribution is 7.20. The van der Waals surface area contributed by atoms with Crippen LogP contribution in [0.25, 0.3) is 10.2 Å². The Balaban J connectivity index is 1.42. The molecule has 1 aliphatic heterocycles. The summed E-state index contributed by atoms with van der Waals surface area (Å²) in [6.07, 6.45) is 2.45. The lowest BCUT2D eigenvalue weighted by molar-refractivity contribution is -0.129. The zero-order chi connectivity index (χ0) is 20.4. The number of amides is 2. The van der Waals surface area contributed by atoms with Crippen LogP contribution in [0.2, 0.25) is 0 Å². The summed E-state index contributed by atoms with van der Waals surface area (Å²) < 4.78 is 15.0.